The molecule has 30 heavy (non-hydrogen) atoms. The molecule has 166 valence electrons. The average Bonchev–Trinajstić information content (AvgIpc) is 3.01. The Kier molecular flexibility index (Phi) is 8.06. The minimum Gasteiger partial charge on any atom is -0.463 e. The molecule has 2 rings (SSSR count). The molecule has 8 nitrogen and oxygen atoms in total. The van der Waals surface area contributed by atoms with Crippen LogP contribution in [0, 0.1) is 0 Å². The van der Waals surface area contributed by atoms with Crippen molar-refractivity contribution in [3.63, 3.8) is 0 Å². The standard InChI is InChI=1S/C20H26BrNO7S/c1-5-27-18(23)11-10-16-17(12-13-22(16)19(24)28-20(2,3)4)29-30(25,26)15-8-6-14(21)7-9-15/h6-11,16-17H,5,12-13H2,1-4H3/b11-10+/t16-,17+/m1/s1. The highest BCUT2D eigenvalue weighted by Crippen LogP contribution is 2.28. The third-order valence-corrected chi connectivity index (χ3v) is 5.97. The molecule has 1 aliphatic heterocycles. The summed E-state index contributed by atoms with van der Waals surface area (Å²) in [5.74, 6) is -0.594. The first-order valence-corrected chi connectivity index (χ1v) is 11.7. The molecular weight excluding hydrogens is 478 g/mol. The van der Waals surface area contributed by atoms with Gasteiger partial charge >= 0.3 is 12.1 Å². The van der Waals surface area contributed by atoms with Crippen molar-refractivity contribution in [3.8, 4) is 0 Å². The number of benzene rings is 1. The monoisotopic (exact) mass is 503 g/mol. The summed E-state index contributed by atoms with van der Waals surface area (Å²) in [5, 5.41) is 0. The molecule has 0 unspecified atom stereocenters. The summed E-state index contributed by atoms with van der Waals surface area (Å²) < 4.78 is 41.9. The SMILES string of the molecule is CCOC(=O)/C=C/[C@@H]1[C@@H](OS(=O)(=O)c2ccc(Br)cc2)CCN1C(=O)OC(C)(C)C. The second-order valence-electron chi connectivity index (χ2n) is 7.61. The number of carbonyl (C=O) groups excluding carboxylic acids is 2. The minimum absolute atomic E-state index is 0.00506. The molecule has 2 atom stereocenters. The molecule has 0 N–H and O–H groups in total. The van der Waals surface area contributed by atoms with Crippen LogP contribution >= 0.6 is 15.9 Å². The molecule has 1 heterocycles. The lowest BCUT2D eigenvalue weighted by Gasteiger charge is -2.28. The van der Waals surface area contributed by atoms with Gasteiger partial charge in [-0.15, -0.1) is 0 Å². The number of hydrogen-bond donors (Lipinski definition) is 0. The van der Waals surface area contributed by atoms with Crippen molar-refractivity contribution >= 4 is 38.1 Å². The van der Waals surface area contributed by atoms with E-state index in [1.165, 1.54) is 29.2 Å². The van der Waals surface area contributed by atoms with Gasteiger partial charge in [0.1, 0.15) is 11.7 Å². The summed E-state index contributed by atoms with van der Waals surface area (Å²) in [6, 6.07) is 5.22. The molecule has 1 saturated heterocycles. The second-order valence-corrected chi connectivity index (χ2v) is 10.1. The van der Waals surface area contributed by atoms with Crippen molar-refractivity contribution in [2.45, 2.75) is 56.8 Å². The van der Waals surface area contributed by atoms with E-state index in [2.05, 4.69) is 15.9 Å². The van der Waals surface area contributed by atoms with E-state index in [-0.39, 0.29) is 24.5 Å². The van der Waals surface area contributed by atoms with Crippen LogP contribution in [0.4, 0.5) is 4.79 Å². The number of halogens is 1. The van der Waals surface area contributed by atoms with Gasteiger partial charge in [-0.05, 0) is 58.4 Å². The summed E-state index contributed by atoms with van der Waals surface area (Å²) in [6.45, 7) is 7.28. The quantitative estimate of drug-likeness (QED) is 0.331. The lowest BCUT2D eigenvalue weighted by molar-refractivity contribution is -0.137. The van der Waals surface area contributed by atoms with E-state index >= 15 is 0 Å². The zero-order chi connectivity index (χ0) is 22.5. The van der Waals surface area contributed by atoms with Crippen LogP contribution in [0.25, 0.3) is 0 Å². The lowest BCUT2D eigenvalue weighted by Crippen LogP contribution is -2.42. The molecule has 1 fully saturated rings. The van der Waals surface area contributed by atoms with Gasteiger partial charge in [0.15, 0.2) is 0 Å². The predicted molar refractivity (Wildman–Crippen MR) is 113 cm³/mol. The first kappa shape index (κ1) is 24.4. The molecule has 0 bridgehead atoms. The highest BCUT2D eigenvalue weighted by molar-refractivity contribution is 9.10. The van der Waals surface area contributed by atoms with Crippen LogP contribution in [-0.4, -0.2) is 56.3 Å². The number of nitrogens with zero attached hydrogens (tertiary/aromatic N) is 1. The van der Waals surface area contributed by atoms with E-state index in [9.17, 15) is 18.0 Å². The van der Waals surface area contributed by atoms with Gasteiger partial charge < -0.3 is 9.47 Å². The van der Waals surface area contributed by atoms with Crippen molar-refractivity contribution in [1.82, 2.24) is 4.90 Å². The van der Waals surface area contributed by atoms with Crippen LogP contribution in [0.3, 0.4) is 0 Å². The van der Waals surface area contributed by atoms with Gasteiger partial charge in [0.2, 0.25) is 0 Å². The van der Waals surface area contributed by atoms with Crippen LogP contribution in [0.2, 0.25) is 0 Å². The third-order valence-electron chi connectivity index (χ3n) is 4.09. The fourth-order valence-corrected chi connectivity index (χ4v) is 4.22. The number of carbonyl (C=O) groups is 2. The molecule has 0 spiro atoms. The molecule has 1 aliphatic rings. The molecule has 1 amide bonds. The van der Waals surface area contributed by atoms with Gasteiger partial charge in [-0.2, -0.15) is 8.42 Å². The van der Waals surface area contributed by atoms with E-state index in [4.69, 9.17) is 13.7 Å². The summed E-state index contributed by atoms with van der Waals surface area (Å²) in [6.07, 6.45) is 1.34. The molecule has 1 aromatic carbocycles. The van der Waals surface area contributed by atoms with Gasteiger partial charge in [0.05, 0.1) is 17.5 Å². The average molecular weight is 504 g/mol. The molecule has 0 saturated carbocycles. The maximum atomic E-state index is 12.7. The number of hydrogen-bond acceptors (Lipinski definition) is 7. The van der Waals surface area contributed by atoms with Gasteiger partial charge in [0.25, 0.3) is 10.1 Å². The van der Waals surface area contributed by atoms with Crippen molar-refractivity contribution < 1.29 is 31.7 Å². The van der Waals surface area contributed by atoms with E-state index in [1.54, 1.807) is 39.8 Å². The summed E-state index contributed by atoms with van der Waals surface area (Å²) in [4.78, 5) is 25.7. The fourth-order valence-electron chi connectivity index (χ4n) is 2.84. The topological polar surface area (TPSA) is 99.2 Å². The number of amides is 1. The molecule has 0 radical (unpaired) electrons. The maximum Gasteiger partial charge on any atom is 0.410 e. The first-order valence-electron chi connectivity index (χ1n) is 9.46. The first-order chi connectivity index (χ1) is 13.9. The predicted octanol–water partition coefficient (Wildman–Crippen LogP) is 3.65. The van der Waals surface area contributed by atoms with Crippen molar-refractivity contribution in [1.29, 1.82) is 0 Å². The highest BCUT2D eigenvalue weighted by Gasteiger charge is 2.41. The Morgan fingerprint density at radius 2 is 1.87 bits per heavy atom. The molecule has 1 aromatic rings. The van der Waals surface area contributed by atoms with Crippen molar-refractivity contribution in [3.05, 3.63) is 40.9 Å². The Labute approximate surface area is 185 Å². The van der Waals surface area contributed by atoms with Crippen molar-refractivity contribution in [2.24, 2.45) is 0 Å². The molecule has 0 aliphatic carbocycles. The lowest BCUT2D eigenvalue weighted by atomic mass is 10.1. The van der Waals surface area contributed by atoms with E-state index in [0.29, 0.717) is 0 Å². The summed E-state index contributed by atoms with van der Waals surface area (Å²) in [7, 11) is -4.08. The zero-order valence-corrected chi connectivity index (χ0v) is 19.7. The van der Waals surface area contributed by atoms with Gasteiger partial charge in [-0.25, -0.2) is 9.59 Å². The normalized spacial score (nSPS) is 19.8. The second kappa shape index (κ2) is 9.93. The molecule has 10 heteroatoms. The smallest absolute Gasteiger partial charge is 0.410 e. The third kappa shape index (κ3) is 6.82. The Morgan fingerprint density at radius 1 is 1.23 bits per heavy atom. The summed E-state index contributed by atoms with van der Waals surface area (Å²) in [5.41, 5.74) is -0.727. The van der Waals surface area contributed by atoms with Gasteiger partial charge in [0, 0.05) is 17.1 Å². The van der Waals surface area contributed by atoms with Crippen LogP contribution in [-0.2, 0) is 28.6 Å². The van der Waals surface area contributed by atoms with Gasteiger partial charge in [-0.1, -0.05) is 22.0 Å². The zero-order valence-electron chi connectivity index (χ0n) is 17.3. The van der Waals surface area contributed by atoms with E-state index in [1.807, 2.05) is 0 Å². The Morgan fingerprint density at radius 3 is 2.43 bits per heavy atom. The number of likely N-dealkylation sites (tertiary alicyclic amines) is 1. The van der Waals surface area contributed by atoms with Crippen molar-refractivity contribution in [2.75, 3.05) is 13.2 Å². The Balaban J connectivity index is 2.26. The van der Waals surface area contributed by atoms with Crippen LogP contribution in [0.1, 0.15) is 34.1 Å². The van der Waals surface area contributed by atoms with Crippen LogP contribution < -0.4 is 0 Å². The van der Waals surface area contributed by atoms with Gasteiger partial charge in [-0.3, -0.25) is 9.08 Å². The van der Waals surface area contributed by atoms with E-state index < -0.39 is 39.9 Å². The molecule has 0 aromatic heterocycles. The van der Waals surface area contributed by atoms with Crippen LogP contribution in [0.15, 0.2) is 45.8 Å². The fraction of sp³-hybridized carbons (Fsp3) is 0.500. The Bertz CT molecular complexity index is 891. The highest BCUT2D eigenvalue weighted by atomic mass is 79.9. The number of ether oxygens (including phenoxy) is 2. The summed E-state index contributed by atoms with van der Waals surface area (Å²) >= 11 is 3.26. The number of rotatable bonds is 6. The van der Waals surface area contributed by atoms with Crippen LogP contribution in [0.5, 0.6) is 0 Å². The maximum absolute atomic E-state index is 12.7. The largest absolute Gasteiger partial charge is 0.463 e. The van der Waals surface area contributed by atoms with E-state index in [0.717, 1.165) is 4.47 Å². The molecular formula is C20H26BrNO7S. The Hall–Kier alpha value is -1.91. The minimum atomic E-state index is -4.08. The number of esters is 1.